The van der Waals surface area contributed by atoms with Gasteiger partial charge in [0.05, 0.1) is 7.11 Å². The molecule has 2 N–H and O–H groups in total. The first-order valence-corrected chi connectivity index (χ1v) is 6.28. The van der Waals surface area contributed by atoms with E-state index in [1.807, 2.05) is 0 Å². The van der Waals surface area contributed by atoms with E-state index in [-0.39, 0.29) is 17.2 Å². The molecule has 0 fully saturated rings. The second-order valence-electron chi connectivity index (χ2n) is 4.42. The lowest BCUT2D eigenvalue weighted by molar-refractivity contribution is -0.153. The van der Waals surface area contributed by atoms with Crippen LogP contribution in [0.15, 0.2) is 42.5 Å². The maximum Gasteiger partial charge on any atom is 0.422 e. The summed E-state index contributed by atoms with van der Waals surface area (Å²) in [5, 5.41) is 0. The fourth-order valence-electron chi connectivity index (χ4n) is 1.68. The third-order valence-corrected chi connectivity index (χ3v) is 2.60. The van der Waals surface area contributed by atoms with E-state index < -0.39 is 12.8 Å². The minimum absolute atomic E-state index is 0.0131. The normalized spacial score (nSPS) is 11.1. The van der Waals surface area contributed by atoms with Crippen LogP contribution >= 0.6 is 0 Å². The summed E-state index contributed by atoms with van der Waals surface area (Å²) in [5.74, 6) is 1.42. The van der Waals surface area contributed by atoms with Crippen LogP contribution in [0.4, 0.5) is 18.9 Å². The number of methoxy groups -OCH3 is 1. The topological polar surface area (TPSA) is 53.7 Å². The second kappa shape index (κ2) is 6.46. The number of nitrogens with two attached hydrogens (primary N) is 1. The van der Waals surface area contributed by atoms with Gasteiger partial charge in [-0.15, -0.1) is 0 Å². The van der Waals surface area contributed by atoms with Crippen molar-refractivity contribution in [2.24, 2.45) is 0 Å². The summed E-state index contributed by atoms with van der Waals surface area (Å²) in [5.41, 5.74) is 5.88. The van der Waals surface area contributed by atoms with Crippen molar-refractivity contribution in [1.82, 2.24) is 0 Å². The van der Waals surface area contributed by atoms with Gasteiger partial charge in [0.1, 0.15) is 23.0 Å². The Kier molecular flexibility index (Phi) is 4.65. The molecular weight excluding hydrogens is 299 g/mol. The molecule has 2 aromatic carbocycles. The molecular formula is C15H14F3NO3. The van der Waals surface area contributed by atoms with E-state index in [2.05, 4.69) is 4.74 Å². The average Bonchev–Trinajstić information content (AvgIpc) is 2.45. The highest BCUT2D eigenvalue weighted by Gasteiger charge is 2.28. The molecule has 0 aromatic heterocycles. The summed E-state index contributed by atoms with van der Waals surface area (Å²) >= 11 is 0. The van der Waals surface area contributed by atoms with Crippen molar-refractivity contribution in [3.8, 4) is 23.0 Å². The molecule has 0 spiro atoms. The van der Waals surface area contributed by atoms with Crippen LogP contribution in [-0.4, -0.2) is 19.9 Å². The third kappa shape index (κ3) is 4.76. The summed E-state index contributed by atoms with van der Waals surface area (Å²) in [6.45, 7) is -1.39. The summed E-state index contributed by atoms with van der Waals surface area (Å²) in [6, 6.07) is 10.9. The van der Waals surface area contributed by atoms with Gasteiger partial charge < -0.3 is 19.9 Å². The van der Waals surface area contributed by atoms with E-state index in [4.69, 9.17) is 15.2 Å². The molecule has 0 unspecified atom stereocenters. The minimum atomic E-state index is -4.42. The molecule has 0 bridgehead atoms. The first-order chi connectivity index (χ1) is 10.4. The fraction of sp³-hybridized carbons (Fsp3) is 0.200. The van der Waals surface area contributed by atoms with Crippen LogP contribution in [0.2, 0.25) is 0 Å². The van der Waals surface area contributed by atoms with Crippen molar-refractivity contribution in [3.05, 3.63) is 42.5 Å². The molecule has 2 rings (SSSR count). The van der Waals surface area contributed by atoms with Gasteiger partial charge in [-0.05, 0) is 24.3 Å². The Morgan fingerprint density at radius 1 is 0.909 bits per heavy atom. The first kappa shape index (κ1) is 15.8. The molecule has 0 aliphatic carbocycles. The number of ether oxygens (including phenoxy) is 3. The SMILES string of the molecule is COc1ccc(Oc2cc(N)cc(OCC(F)(F)F)c2)cc1. The Labute approximate surface area is 125 Å². The lowest BCUT2D eigenvalue weighted by atomic mass is 10.2. The molecule has 0 aliphatic rings. The standard InChI is InChI=1S/C15H14F3NO3/c1-20-11-2-4-12(5-3-11)22-14-7-10(19)6-13(8-14)21-9-15(16,17)18/h2-8H,9,19H2,1H3. The lowest BCUT2D eigenvalue weighted by Crippen LogP contribution is -2.19. The zero-order chi connectivity index (χ0) is 16.2. The molecule has 0 saturated heterocycles. The monoisotopic (exact) mass is 313 g/mol. The molecule has 0 amide bonds. The van der Waals surface area contributed by atoms with Crippen LogP contribution in [0.5, 0.6) is 23.0 Å². The molecule has 0 saturated carbocycles. The van der Waals surface area contributed by atoms with Crippen molar-refractivity contribution >= 4 is 5.69 Å². The second-order valence-corrected chi connectivity index (χ2v) is 4.42. The summed E-state index contributed by atoms with van der Waals surface area (Å²) in [6.07, 6.45) is -4.42. The zero-order valence-electron chi connectivity index (χ0n) is 11.7. The predicted molar refractivity (Wildman–Crippen MR) is 75.5 cm³/mol. The number of halogens is 3. The Morgan fingerprint density at radius 2 is 1.50 bits per heavy atom. The summed E-state index contributed by atoms with van der Waals surface area (Å²) < 4.78 is 51.7. The van der Waals surface area contributed by atoms with Crippen molar-refractivity contribution in [2.45, 2.75) is 6.18 Å². The fourth-order valence-corrected chi connectivity index (χ4v) is 1.68. The van der Waals surface area contributed by atoms with Gasteiger partial charge in [0, 0.05) is 23.9 Å². The van der Waals surface area contributed by atoms with E-state index in [0.717, 1.165) is 0 Å². The number of anilines is 1. The van der Waals surface area contributed by atoms with Crippen LogP contribution in [0.25, 0.3) is 0 Å². The molecule has 0 aliphatic heterocycles. The molecule has 2 aromatic rings. The summed E-state index contributed by atoms with van der Waals surface area (Å²) in [7, 11) is 1.54. The van der Waals surface area contributed by atoms with Gasteiger partial charge in [-0.1, -0.05) is 0 Å². The highest BCUT2D eigenvalue weighted by atomic mass is 19.4. The highest BCUT2D eigenvalue weighted by Crippen LogP contribution is 2.30. The Hall–Kier alpha value is -2.57. The van der Waals surface area contributed by atoms with Gasteiger partial charge >= 0.3 is 6.18 Å². The number of benzene rings is 2. The number of hydrogen-bond acceptors (Lipinski definition) is 4. The zero-order valence-corrected chi connectivity index (χ0v) is 11.7. The third-order valence-electron chi connectivity index (χ3n) is 2.60. The van der Waals surface area contributed by atoms with Crippen molar-refractivity contribution in [2.75, 3.05) is 19.5 Å². The quantitative estimate of drug-likeness (QED) is 0.847. The van der Waals surface area contributed by atoms with Gasteiger partial charge in [0.2, 0.25) is 0 Å². The number of hydrogen-bond donors (Lipinski definition) is 1. The van der Waals surface area contributed by atoms with E-state index in [1.165, 1.54) is 25.3 Å². The van der Waals surface area contributed by atoms with Gasteiger partial charge in [-0.2, -0.15) is 13.2 Å². The van der Waals surface area contributed by atoms with Crippen LogP contribution in [0.1, 0.15) is 0 Å². The summed E-state index contributed by atoms with van der Waals surface area (Å²) in [4.78, 5) is 0. The maximum atomic E-state index is 12.2. The number of alkyl halides is 3. The minimum Gasteiger partial charge on any atom is -0.497 e. The molecule has 22 heavy (non-hydrogen) atoms. The molecule has 0 heterocycles. The van der Waals surface area contributed by atoms with E-state index in [1.54, 1.807) is 24.3 Å². The van der Waals surface area contributed by atoms with Crippen molar-refractivity contribution in [3.63, 3.8) is 0 Å². The number of rotatable bonds is 5. The Balaban J connectivity index is 2.11. The smallest absolute Gasteiger partial charge is 0.422 e. The Morgan fingerprint density at radius 3 is 2.09 bits per heavy atom. The van der Waals surface area contributed by atoms with Crippen LogP contribution in [-0.2, 0) is 0 Å². The van der Waals surface area contributed by atoms with Crippen LogP contribution < -0.4 is 19.9 Å². The molecule has 0 radical (unpaired) electrons. The van der Waals surface area contributed by atoms with Gasteiger partial charge in [0.15, 0.2) is 6.61 Å². The van der Waals surface area contributed by atoms with Crippen molar-refractivity contribution in [1.29, 1.82) is 0 Å². The first-order valence-electron chi connectivity index (χ1n) is 6.28. The van der Waals surface area contributed by atoms with Gasteiger partial charge in [0.25, 0.3) is 0 Å². The van der Waals surface area contributed by atoms with E-state index in [9.17, 15) is 13.2 Å². The lowest BCUT2D eigenvalue weighted by Gasteiger charge is -2.12. The molecule has 0 atom stereocenters. The predicted octanol–water partition coefficient (Wildman–Crippen LogP) is 4.01. The van der Waals surface area contributed by atoms with Gasteiger partial charge in [-0.3, -0.25) is 0 Å². The highest BCUT2D eigenvalue weighted by molar-refractivity contribution is 5.51. The average molecular weight is 313 g/mol. The molecule has 7 heteroatoms. The van der Waals surface area contributed by atoms with E-state index >= 15 is 0 Å². The van der Waals surface area contributed by atoms with Gasteiger partial charge in [-0.25, -0.2) is 0 Å². The van der Waals surface area contributed by atoms with E-state index in [0.29, 0.717) is 11.5 Å². The van der Waals surface area contributed by atoms with Crippen LogP contribution in [0.3, 0.4) is 0 Å². The molecule has 4 nitrogen and oxygen atoms in total. The molecule has 118 valence electrons. The van der Waals surface area contributed by atoms with Crippen molar-refractivity contribution < 1.29 is 27.4 Å². The number of nitrogen functional groups attached to an aromatic ring is 1. The van der Waals surface area contributed by atoms with Crippen LogP contribution in [0, 0.1) is 0 Å². The largest absolute Gasteiger partial charge is 0.497 e. The maximum absolute atomic E-state index is 12.2. The Bertz CT molecular complexity index is 627.